The van der Waals surface area contributed by atoms with Gasteiger partial charge < -0.3 is 15.7 Å². The molecular formula is C13H13BrN4O3. The largest absolute Gasteiger partial charge is 0.478 e. The second kappa shape index (κ2) is 5.96. The van der Waals surface area contributed by atoms with Crippen molar-refractivity contribution in [2.75, 3.05) is 10.6 Å². The van der Waals surface area contributed by atoms with Gasteiger partial charge in [-0.05, 0) is 25.1 Å². The number of carbonyl (C=O) groups excluding carboxylic acids is 1. The summed E-state index contributed by atoms with van der Waals surface area (Å²) in [5, 5.41) is 18.4. The number of nitrogens with one attached hydrogen (secondary N) is 2. The van der Waals surface area contributed by atoms with E-state index in [9.17, 15) is 9.59 Å². The maximum Gasteiger partial charge on any atom is 0.337 e. The summed E-state index contributed by atoms with van der Waals surface area (Å²) in [4.78, 5) is 23.1. The van der Waals surface area contributed by atoms with E-state index in [1.165, 1.54) is 12.1 Å². The van der Waals surface area contributed by atoms with Crippen molar-refractivity contribution in [3.63, 3.8) is 0 Å². The number of carboxylic acids is 1. The molecule has 0 saturated carbocycles. The molecule has 0 aliphatic rings. The first kappa shape index (κ1) is 15.0. The summed E-state index contributed by atoms with van der Waals surface area (Å²) < 4.78 is 2.20. The normalized spacial score (nSPS) is 10.2. The van der Waals surface area contributed by atoms with Crippen molar-refractivity contribution in [1.82, 2.24) is 9.78 Å². The number of hydrogen-bond donors (Lipinski definition) is 3. The van der Waals surface area contributed by atoms with Crippen LogP contribution in [-0.2, 0) is 7.05 Å². The first-order valence-electron chi connectivity index (χ1n) is 5.98. The zero-order valence-corrected chi connectivity index (χ0v) is 12.9. The molecule has 0 atom stereocenters. The Labute approximate surface area is 129 Å². The van der Waals surface area contributed by atoms with Crippen LogP contribution in [0.5, 0.6) is 0 Å². The van der Waals surface area contributed by atoms with Crippen molar-refractivity contribution in [1.29, 1.82) is 0 Å². The fourth-order valence-corrected chi connectivity index (χ4v) is 2.16. The van der Waals surface area contributed by atoms with Gasteiger partial charge in [0.05, 0.1) is 22.6 Å². The molecule has 8 heteroatoms. The number of aryl methyl sites for hydroxylation is 2. The number of benzene rings is 1. The lowest BCUT2D eigenvalue weighted by Gasteiger charge is -2.09. The minimum atomic E-state index is -1.12. The molecule has 1 aromatic heterocycles. The Morgan fingerprint density at radius 1 is 1.29 bits per heavy atom. The molecule has 1 heterocycles. The first-order chi connectivity index (χ1) is 9.86. The van der Waals surface area contributed by atoms with E-state index < -0.39 is 12.0 Å². The molecule has 0 spiro atoms. The molecule has 0 radical (unpaired) electrons. The smallest absolute Gasteiger partial charge is 0.337 e. The summed E-state index contributed by atoms with van der Waals surface area (Å²) in [6.07, 6.45) is 1.66. The highest BCUT2D eigenvalue weighted by molar-refractivity contribution is 9.10. The van der Waals surface area contributed by atoms with E-state index in [0.29, 0.717) is 15.9 Å². The van der Waals surface area contributed by atoms with Crippen LogP contribution in [-0.4, -0.2) is 26.9 Å². The number of carboxylic acid groups (broad SMARTS) is 1. The highest BCUT2D eigenvalue weighted by atomic mass is 79.9. The Kier molecular flexibility index (Phi) is 4.27. The third-order valence-corrected chi connectivity index (χ3v) is 3.22. The average Bonchev–Trinajstić information content (AvgIpc) is 2.69. The van der Waals surface area contributed by atoms with Gasteiger partial charge in [-0.15, -0.1) is 0 Å². The SMILES string of the molecule is Cc1nn(C)cc1NC(=O)Nc1ccc(Br)cc1C(=O)O. The highest BCUT2D eigenvalue weighted by Gasteiger charge is 2.14. The van der Waals surface area contributed by atoms with Gasteiger partial charge in [-0.3, -0.25) is 4.68 Å². The summed E-state index contributed by atoms with van der Waals surface area (Å²) in [7, 11) is 1.74. The van der Waals surface area contributed by atoms with Crippen LogP contribution in [0.2, 0.25) is 0 Å². The van der Waals surface area contributed by atoms with Gasteiger partial charge in [0.2, 0.25) is 0 Å². The number of anilines is 2. The number of halogens is 1. The topological polar surface area (TPSA) is 96.3 Å². The lowest BCUT2D eigenvalue weighted by Crippen LogP contribution is -2.21. The Morgan fingerprint density at radius 2 is 1.95 bits per heavy atom. The average molecular weight is 353 g/mol. The zero-order chi connectivity index (χ0) is 15.6. The molecule has 3 N–H and O–H groups in total. The third kappa shape index (κ3) is 3.60. The molecule has 0 bridgehead atoms. The van der Waals surface area contributed by atoms with Gasteiger partial charge in [-0.2, -0.15) is 5.10 Å². The van der Waals surface area contributed by atoms with Gasteiger partial charge in [0, 0.05) is 17.7 Å². The molecule has 7 nitrogen and oxygen atoms in total. The summed E-state index contributed by atoms with van der Waals surface area (Å²) in [5.41, 5.74) is 1.44. The Hall–Kier alpha value is -2.35. The molecule has 2 amide bonds. The number of nitrogens with zero attached hydrogens (tertiary/aromatic N) is 2. The van der Waals surface area contributed by atoms with E-state index in [1.54, 1.807) is 30.9 Å². The van der Waals surface area contributed by atoms with Crippen molar-refractivity contribution >= 4 is 39.3 Å². The Balaban J connectivity index is 2.16. The number of carbonyl (C=O) groups is 2. The fraction of sp³-hybridized carbons (Fsp3) is 0.154. The Bertz CT molecular complexity index is 711. The minimum absolute atomic E-state index is 0.00225. The molecule has 1 aromatic carbocycles. The number of rotatable bonds is 3. The molecular weight excluding hydrogens is 340 g/mol. The highest BCUT2D eigenvalue weighted by Crippen LogP contribution is 2.21. The summed E-state index contributed by atoms with van der Waals surface area (Å²) in [6.45, 7) is 1.76. The van der Waals surface area contributed by atoms with Gasteiger partial charge in [0.15, 0.2) is 0 Å². The van der Waals surface area contributed by atoms with Crippen LogP contribution in [0, 0.1) is 6.92 Å². The number of aromatic carboxylic acids is 1. The molecule has 2 aromatic rings. The van der Waals surface area contributed by atoms with Crippen molar-refractivity contribution < 1.29 is 14.7 Å². The quantitative estimate of drug-likeness (QED) is 0.791. The zero-order valence-electron chi connectivity index (χ0n) is 11.3. The second-order valence-electron chi connectivity index (χ2n) is 4.38. The second-order valence-corrected chi connectivity index (χ2v) is 5.29. The molecule has 0 aliphatic heterocycles. The monoisotopic (exact) mass is 352 g/mol. The lowest BCUT2D eigenvalue weighted by atomic mass is 10.2. The van der Waals surface area contributed by atoms with Gasteiger partial charge >= 0.3 is 12.0 Å². The van der Waals surface area contributed by atoms with Crippen LogP contribution >= 0.6 is 15.9 Å². The van der Waals surface area contributed by atoms with Crippen LogP contribution in [0.3, 0.4) is 0 Å². The number of hydrogen-bond acceptors (Lipinski definition) is 3. The summed E-state index contributed by atoms with van der Waals surface area (Å²) in [6, 6.07) is 4.06. The van der Waals surface area contributed by atoms with E-state index in [2.05, 4.69) is 31.7 Å². The van der Waals surface area contributed by atoms with Gasteiger partial charge in [-0.1, -0.05) is 15.9 Å². The van der Waals surface area contributed by atoms with E-state index in [-0.39, 0.29) is 11.3 Å². The maximum atomic E-state index is 11.9. The van der Waals surface area contributed by atoms with Gasteiger partial charge in [0.25, 0.3) is 0 Å². The lowest BCUT2D eigenvalue weighted by molar-refractivity contribution is 0.0698. The fourth-order valence-electron chi connectivity index (χ4n) is 1.80. The predicted octanol–water partition coefficient (Wildman–Crippen LogP) is 2.83. The van der Waals surface area contributed by atoms with E-state index in [1.807, 2.05) is 0 Å². The van der Waals surface area contributed by atoms with Crippen molar-refractivity contribution in [2.24, 2.45) is 7.05 Å². The molecule has 2 rings (SSSR count). The summed E-state index contributed by atoms with van der Waals surface area (Å²) >= 11 is 3.19. The van der Waals surface area contributed by atoms with E-state index >= 15 is 0 Å². The Morgan fingerprint density at radius 3 is 2.52 bits per heavy atom. The van der Waals surface area contributed by atoms with E-state index in [0.717, 1.165) is 0 Å². The summed E-state index contributed by atoms with van der Waals surface area (Å²) in [5.74, 6) is -1.12. The van der Waals surface area contributed by atoms with Crippen LogP contribution in [0.15, 0.2) is 28.9 Å². The third-order valence-electron chi connectivity index (χ3n) is 2.72. The van der Waals surface area contributed by atoms with E-state index in [4.69, 9.17) is 5.11 Å². The molecule has 21 heavy (non-hydrogen) atoms. The van der Waals surface area contributed by atoms with Crippen LogP contribution in [0.1, 0.15) is 16.1 Å². The number of urea groups is 1. The molecule has 110 valence electrons. The molecule has 0 aliphatic carbocycles. The van der Waals surface area contributed by atoms with Crippen LogP contribution < -0.4 is 10.6 Å². The van der Waals surface area contributed by atoms with Crippen LogP contribution in [0.4, 0.5) is 16.2 Å². The minimum Gasteiger partial charge on any atom is -0.478 e. The van der Waals surface area contributed by atoms with Crippen LogP contribution in [0.25, 0.3) is 0 Å². The number of aromatic nitrogens is 2. The van der Waals surface area contributed by atoms with Crippen molar-refractivity contribution in [2.45, 2.75) is 6.92 Å². The molecule has 0 saturated heterocycles. The van der Waals surface area contributed by atoms with Gasteiger partial charge in [0.1, 0.15) is 0 Å². The molecule has 0 fully saturated rings. The maximum absolute atomic E-state index is 11.9. The van der Waals surface area contributed by atoms with Gasteiger partial charge in [-0.25, -0.2) is 9.59 Å². The first-order valence-corrected chi connectivity index (χ1v) is 6.77. The van der Waals surface area contributed by atoms with Crippen molar-refractivity contribution in [3.05, 3.63) is 40.1 Å². The standard InChI is InChI=1S/C13H13BrN4O3/c1-7-11(6-18(2)17-7)16-13(21)15-10-4-3-8(14)5-9(10)12(19)20/h3-6H,1-2H3,(H,19,20)(H2,15,16,21). The van der Waals surface area contributed by atoms with Crippen molar-refractivity contribution in [3.8, 4) is 0 Å². The molecule has 0 unspecified atom stereocenters. The predicted molar refractivity (Wildman–Crippen MR) is 81.7 cm³/mol. The number of amides is 2.